The minimum Gasteiger partial charge on any atom is -0.353 e. The molecule has 0 bridgehead atoms. The predicted octanol–water partition coefficient (Wildman–Crippen LogP) is 5.41. The lowest BCUT2D eigenvalue weighted by molar-refractivity contribution is -0.135. The number of nitrogens with one attached hydrogen (secondary N) is 1. The van der Waals surface area contributed by atoms with Crippen molar-refractivity contribution in [2.45, 2.75) is 32.9 Å². The lowest BCUT2D eigenvalue weighted by Gasteiger charge is -2.36. The fourth-order valence-corrected chi connectivity index (χ4v) is 6.40. The van der Waals surface area contributed by atoms with Crippen molar-refractivity contribution in [2.75, 3.05) is 19.6 Å². The number of allylic oxidation sites excluding steroid dienone is 1. The molecule has 0 spiro atoms. The second-order valence-corrected chi connectivity index (χ2v) is 11.7. The van der Waals surface area contributed by atoms with Crippen LogP contribution in [0, 0.1) is 5.41 Å². The van der Waals surface area contributed by atoms with Crippen LogP contribution in [0.3, 0.4) is 0 Å². The predicted molar refractivity (Wildman–Crippen MR) is 141 cm³/mol. The number of thioether (sulfide) groups is 1. The molecule has 2 atom stereocenters. The summed E-state index contributed by atoms with van der Waals surface area (Å²) >= 11 is 13.8. The van der Waals surface area contributed by atoms with Crippen molar-refractivity contribution < 1.29 is 9.59 Å². The molecule has 6 nitrogen and oxygen atoms in total. The Morgan fingerprint density at radius 1 is 1.03 bits per heavy atom. The zero-order valence-corrected chi connectivity index (χ0v) is 22.0. The fraction of sp³-hybridized carbons (Fsp3) is 0.346. The van der Waals surface area contributed by atoms with Gasteiger partial charge in [-0.1, -0.05) is 68.2 Å². The molecule has 2 aromatic rings. The molecule has 0 saturated carbocycles. The average molecular weight is 529 g/mol. The van der Waals surface area contributed by atoms with E-state index in [-0.39, 0.29) is 35.9 Å². The lowest BCUT2D eigenvalue weighted by atomic mass is 9.87. The summed E-state index contributed by atoms with van der Waals surface area (Å²) in [6, 6.07) is 15.3. The summed E-state index contributed by atoms with van der Waals surface area (Å²) in [6.45, 7) is 7.35. The minimum atomic E-state index is -0.340. The average Bonchev–Trinajstić information content (AvgIpc) is 3.36. The first-order chi connectivity index (χ1) is 16.6. The number of aliphatic imine (C=N–C) groups is 1. The van der Waals surface area contributed by atoms with Gasteiger partial charge in [-0.15, -0.1) is 0 Å². The van der Waals surface area contributed by atoms with E-state index >= 15 is 0 Å². The van der Waals surface area contributed by atoms with Crippen LogP contribution < -0.4 is 5.32 Å². The van der Waals surface area contributed by atoms with Gasteiger partial charge < -0.3 is 15.1 Å². The molecular formula is C26H26Cl2N4O2S. The molecule has 5 rings (SSSR count). The smallest absolute Gasteiger partial charge is 0.263 e. The van der Waals surface area contributed by atoms with E-state index < -0.39 is 0 Å². The van der Waals surface area contributed by atoms with Crippen LogP contribution in [-0.2, 0) is 9.59 Å². The summed E-state index contributed by atoms with van der Waals surface area (Å²) < 4.78 is 0. The van der Waals surface area contributed by atoms with E-state index in [1.165, 1.54) is 11.8 Å². The van der Waals surface area contributed by atoms with Gasteiger partial charge in [0.2, 0.25) is 5.91 Å². The van der Waals surface area contributed by atoms with Crippen LogP contribution in [0.25, 0.3) is 0 Å². The third-order valence-electron chi connectivity index (χ3n) is 6.34. The van der Waals surface area contributed by atoms with E-state index in [1.807, 2.05) is 48.5 Å². The molecule has 0 aliphatic carbocycles. The van der Waals surface area contributed by atoms with Crippen molar-refractivity contribution >= 4 is 51.9 Å². The molecule has 3 aliphatic rings. The Hall–Kier alpha value is -2.48. The zero-order chi connectivity index (χ0) is 24.9. The van der Waals surface area contributed by atoms with Gasteiger partial charge in [0.1, 0.15) is 10.9 Å². The first-order valence-electron chi connectivity index (χ1n) is 11.5. The van der Waals surface area contributed by atoms with Crippen LogP contribution in [0.5, 0.6) is 0 Å². The van der Waals surface area contributed by atoms with Gasteiger partial charge in [0.25, 0.3) is 5.91 Å². The maximum absolute atomic E-state index is 13.7. The van der Waals surface area contributed by atoms with Gasteiger partial charge in [0, 0.05) is 34.2 Å². The van der Waals surface area contributed by atoms with Crippen LogP contribution in [-0.4, -0.2) is 46.4 Å². The highest BCUT2D eigenvalue weighted by Crippen LogP contribution is 2.55. The van der Waals surface area contributed by atoms with Crippen LogP contribution in [0.4, 0.5) is 0 Å². The highest BCUT2D eigenvalue weighted by molar-refractivity contribution is 8.18. The van der Waals surface area contributed by atoms with Crippen molar-refractivity contribution in [3.8, 4) is 0 Å². The quantitative estimate of drug-likeness (QED) is 0.578. The maximum Gasteiger partial charge on any atom is 0.263 e. The SMILES string of the molecule is CC(C)(C)C1=C(C(=O)N2CCNC(=O)C2)SC2=N[C@@H](c3ccc(Cl)cc3)[C@@H](c3ccc(Cl)cc3)N21. The van der Waals surface area contributed by atoms with Gasteiger partial charge in [0.15, 0.2) is 5.17 Å². The minimum absolute atomic E-state index is 0.0702. The normalized spacial score (nSPS) is 22.3. The first-order valence-corrected chi connectivity index (χ1v) is 13.1. The maximum atomic E-state index is 13.7. The molecule has 2 aromatic carbocycles. The summed E-state index contributed by atoms with van der Waals surface area (Å²) in [6.07, 6.45) is 0. The molecule has 2 amide bonds. The summed E-state index contributed by atoms with van der Waals surface area (Å²) in [5.74, 6) is -0.255. The number of benzene rings is 2. The molecule has 9 heteroatoms. The van der Waals surface area contributed by atoms with E-state index in [0.717, 1.165) is 22.0 Å². The summed E-state index contributed by atoms with van der Waals surface area (Å²) in [4.78, 5) is 35.2. The number of amidine groups is 1. The van der Waals surface area contributed by atoms with Crippen molar-refractivity contribution in [1.29, 1.82) is 0 Å². The zero-order valence-electron chi connectivity index (χ0n) is 19.7. The lowest BCUT2D eigenvalue weighted by Crippen LogP contribution is -2.50. The van der Waals surface area contributed by atoms with E-state index in [2.05, 4.69) is 31.0 Å². The number of carbonyl (C=O) groups excluding carboxylic acids is 2. The molecule has 3 heterocycles. The number of hydrogen-bond donors (Lipinski definition) is 1. The Morgan fingerprint density at radius 2 is 1.63 bits per heavy atom. The Labute approximate surface area is 219 Å². The molecule has 182 valence electrons. The number of halogens is 2. The molecule has 1 saturated heterocycles. The molecule has 0 radical (unpaired) electrons. The highest BCUT2D eigenvalue weighted by Gasteiger charge is 2.50. The van der Waals surface area contributed by atoms with Gasteiger partial charge in [-0.2, -0.15) is 0 Å². The molecule has 35 heavy (non-hydrogen) atoms. The summed E-state index contributed by atoms with van der Waals surface area (Å²) in [5, 5.41) is 4.92. The number of piperazine rings is 1. The van der Waals surface area contributed by atoms with Gasteiger partial charge in [-0.3, -0.25) is 14.6 Å². The standard InChI is InChI=1S/C26H26Cl2N4O2S/c1-26(2,3)23-22(24(34)31-13-12-29-19(33)14-31)35-25-30-20(15-4-8-17(27)9-5-15)21(32(23)25)16-6-10-18(28)11-7-16/h4-11,20-21H,12-14H2,1-3H3,(H,29,33)/t20-,21+/m0/s1. The topological polar surface area (TPSA) is 65.0 Å². The Balaban J connectivity index is 1.61. The van der Waals surface area contributed by atoms with Crippen molar-refractivity contribution in [2.24, 2.45) is 10.4 Å². The van der Waals surface area contributed by atoms with Crippen LogP contribution in [0.2, 0.25) is 10.0 Å². The molecule has 1 fully saturated rings. The van der Waals surface area contributed by atoms with E-state index in [0.29, 0.717) is 28.0 Å². The van der Waals surface area contributed by atoms with Gasteiger partial charge in [0.05, 0.1) is 12.6 Å². The number of fused-ring (bicyclic) bond motifs is 1. The van der Waals surface area contributed by atoms with Crippen LogP contribution >= 0.6 is 35.0 Å². The summed E-state index contributed by atoms with van der Waals surface area (Å²) in [7, 11) is 0. The number of carbonyl (C=O) groups is 2. The van der Waals surface area contributed by atoms with E-state index in [1.54, 1.807) is 4.90 Å². The highest BCUT2D eigenvalue weighted by atomic mass is 35.5. The van der Waals surface area contributed by atoms with Gasteiger partial charge in [-0.05, 0) is 47.2 Å². The molecule has 0 aromatic heterocycles. The Morgan fingerprint density at radius 3 is 2.20 bits per heavy atom. The fourth-order valence-electron chi connectivity index (χ4n) is 4.78. The number of hydrogen-bond acceptors (Lipinski definition) is 5. The third-order valence-corrected chi connectivity index (χ3v) is 7.90. The van der Waals surface area contributed by atoms with Crippen molar-refractivity contribution in [3.05, 3.63) is 80.3 Å². The van der Waals surface area contributed by atoms with E-state index in [4.69, 9.17) is 28.2 Å². The van der Waals surface area contributed by atoms with Crippen molar-refractivity contribution in [3.63, 3.8) is 0 Å². The monoisotopic (exact) mass is 528 g/mol. The number of rotatable bonds is 3. The largest absolute Gasteiger partial charge is 0.353 e. The second-order valence-electron chi connectivity index (χ2n) is 9.88. The third kappa shape index (κ3) is 4.57. The van der Waals surface area contributed by atoms with Gasteiger partial charge >= 0.3 is 0 Å². The number of amides is 2. The van der Waals surface area contributed by atoms with Crippen LogP contribution in [0.1, 0.15) is 44.0 Å². The summed E-state index contributed by atoms with van der Waals surface area (Å²) in [5.41, 5.74) is 2.69. The number of nitrogens with zero attached hydrogens (tertiary/aromatic N) is 3. The second kappa shape index (κ2) is 9.19. The van der Waals surface area contributed by atoms with E-state index in [9.17, 15) is 9.59 Å². The molecular weight excluding hydrogens is 503 g/mol. The first kappa shape index (κ1) is 24.2. The Bertz CT molecular complexity index is 1240. The Kier molecular flexibility index (Phi) is 6.36. The van der Waals surface area contributed by atoms with Crippen LogP contribution in [0.15, 0.2) is 64.1 Å². The van der Waals surface area contributed by atoms with Crippen molar-refractivity contribution in [1.82, 2.24) is 15.1 Å². The molecule has 1 N–H and O–H groups in total. The molecule has 3 aliphatic heterocycles. The van der Waals surface area contributed by atoms with Gasteiger partial charge in [-0.25, -0.2) is 0 Å². The molecule has 0 unspecified atom stereocenters.